The van der Waals surface area contributed by atoms with Gasteiger partial charge in [0.05, 0.1) is 19.2 Å². The van der Waals surface area contributed by atoms with Gasteiger partial charge in [0.2, 0.25) is 0 Å². The fraction of sp³-hybridized carbons (Fsp3) is 0.900. The first kappa shape index (κ1) is 14.0. The van der Waals surface area contributed by atoms with Crippen LogP contribution in [0.15, 0.2) is 4.99 Å². The van der Waals surface area contributed by atoms with Crippen molar-refractivity contribution in [3.05, 3.63) is 0 Å². The topological polar surface area (TPSA) is 59.9 Å². The van der Waals surface area contributed by atoms with Gasteiger partial charge in [-0.3, -0.25) is 4.99 Å². The average Bonchev–Trinajstić information content (AvgIpc) is 2.99. The highest BCUT2D eigenvalue weighted by Gasteiger charge is 2.25. The quantitative estimate of drug-likeness (QED) is 0.597. The Hall–Kier alpha value is -0.0800. The molecule has 0 unspecified atom stereocenters. The van der Waals surface area contributed by atoms with Crippen LogP contribution >= 0.6 is 24.0 Å². The SMILES string of the molecule is CN(CCNC1=NC[C@@H](CO)N1)C1CC1.I. The summed E-state index contributed by atoms with van der Waals surface area (Å²) in [6, 6.07) is 0.920. The van der Waals surface area contributed by atoms with Crippen LogP contribution in [0.25, 0.3) is 0 Å². The van der Waals surface area contributed by atoms with E-state index in [0.29, 0.717) is 6.54 Å². The normalized spacial score (nSPS) is 23.7. The molecule has 1 fully saturated rings. The number of hydrogen-bond donors (Lipinski definition) is 3. The van der Waals surface area contributed by atoms with Crippen LogP contribution in [0.2, 0.25) is 0 Å². The van der Waals surface area contributed by atoms with Crippen molar-refractivity contribution in [3.63, 3.8) is 0 Å². The van der Waals surface area contributed by atoms with E-state index in [0.717, 1.165) is 25.1 Å². The molecule has 0 saturated heterocycles. The van der Waals surface area contributed by atoms with Gasteiger partial charge in [0.1, 0.15) is 0 Å². The molecule has 0 aromatic carbocycles. The van der Waals surface area contributed by atoms with Gasteiger partial charge in [-0.05, 0) is 19.9 Å². The van der Waals surface area contributed by atoms with Crippen LogP contribution in [-0.2, 0) is 0 Å². The molecular weight excluding hydrogens is 319 g/mol. The van der Waals surface area contributed by atoms with Crippen LogP contribution in [0.4, 0.5) is 0 Å². The number of nitrogens with zero attached hydrogens (tertiary/aromatic N) is 2. The summed E-state index contributed by atoms with van der Waals surface area (Å²) < 4.78 is 0. The molecule has 1 aliphatic heterocycles. The first-order valence-corrected chi connectivity index (χ1v) is 5.65. The molecule has 0 aromatic rings. The molecule has 3 N–H and O–H groups in total. The Morgan fingerprint density at radius 3 is 2.88 bits per heavy atom. The molecule has 1 atom stereocenters. The second kappa shape index (κ2) is 6.61. The predicted molar refractivity (Wildman–Crippen MR) is 75.4 cm³/mol. The molecule has 2 rings (SSSR count). The molecular formula is C10H21IN4O. The fourth-order valence-electron chi connectivity index (χ4n) is 1.74. The van der Waals surface area contributed by atoms with Gasteiger partial charge in [-0.1, -0.05) is 0 Å². The summed E-state index contributed by atoms with van der Waals surface area (Å²) in [5.74, 6) is 0.832. The van der Waals surface area contributed by atoms with Gasteiger partial charge in [-0.2, -0.15) is 0 Å². The molecule has 16 heavy (non-hydrogen) atoms. The molecule has 1 aliphatic carbocycles. The second-order valence-corrected chi connectivity index (χ2v) is 4.35. The van der Waals surface area contributed by atoms with Crippen molar-refractivity contribution < 1.29 is 5.11 Å². The highest BCUT2D eigenvalue weighted by atomic mass is 127. The van der Waals surface area contributed by atoms with E-state index in [-0.39, 0.29) is 36.6 Å². The lowest BCUT2D eigenvalue weighted by Crippen LogP contribution is -2.43. The van der Waals surface area contributed by atoms with Gasteiger partial charge >= 0.3 is 0 Å². The third-order valence-electron chi connectivity index (χ3n) is 2.96. The zero-order valence-corrected chi connectivity index (χ0v) is 12.0. The van der Waals surface area contributed by atoms with E-state index >= 15 is 0 Å². The van der Waals surface area contributed by atoms with E-state index < -0.39 is 0 Å². The minimum Gasteiger partial charge on any atom is -0.394 e. The van der Waals surface area contributed by atoms with Crippen LogP contribution < -0.4 is 10.6 Å². The summed E-state index contributed by atoms with van der Waals surface area (Å²) in [5.41, 5.74) is 0. The first-order valence-electron chi connectivity index (χ1n) is 5.65. The van der Waals surface area contributed by atoms with E-state index in [1.54, 1.807) is 0 Å². The van der Waals surface area contributed by atoms with Crippen LogP contribution in [-0.4, -0.2) is 61.3 Å². The fourth-order valence-corrected chi connectivity index (χ4v) is 1.74. The van der Waals surface area contributed by atoms with Gasteiger partial charge in [0.15, 0.2) is 5.96 Å². The van der Waals surface area contributed by atoms with Crippen molar-refractivity contribution in [2.24, 2.45) is 4.99 Å². The van der Waals surface area contributed by atoms with Gasteiger partial charge in [-0.25, -0.2) is 0 Å². The Labute approximate surface area is 114 Å². The molecule has 0 aromatic heterocycles. The Balaban J connectivity index is 0.00000128. The number of likely N-dealkylation sites (N-methyl/N-ethyl adjacent to an activating group) is 1. The zero-order valence-electron chi connectivity index (χ0n) is 9.65. The monoisotopic (exact) mass is 340 g/mol. The van der Waals surface area contributed by atoms with Crippen LogP contribution in [0.5, 0.6) is 0 Å². The van der Waals surface area contributed by atoms with Crippen LogP contribution in [0.3, 0.4) is 0 Å². The minimum atomic E-state index is 0. The summed E-state index contributed by atoms with van der Waals surface area (Å²) in [7, 11) is 2.17. The number of halogens is 1. The smallest absolute Gasteiger partial charge is 0.191 e. The number of nitrogens with one attached hydrogen (secondary N) is 2. The molecule has 2 aliphatic rings. The third-order valence-corrected chi connectivity index (χ3v) is 2.96. The van der Waals surface area contributed by atoms with Gasteiger partial charge < -0.3 is 20.6 Å². The number of rotatable bonds is 5. The van der Waals surface area contributed by atoms with Crippen molar-refractivity contribution in [3.8, 4) is 0 Å². The van der Waals surface area contributed by atoms with Crippen LogP contribution in [0.1, 0.15) is 12.8 Å². The van der Waals surface area contributed by atoms with Crippen molar-refractivity contribution >= 4 is 29.9 Å². The molecule has 5 nitrogen and oxygen atoms in total. The number of aliphatic hydroxyl groups is 1. The third kappa shape index (κ3) is 4.06. The van der Waals surface area contributed by atoms with Gasteiger partial charge in [-0.15, -0.1) is 24.0 Å². The largest absolute Gasteiger partial charge is 0.394 e. The second-order valence-electron chi connectivity index (χ2n) is 4.35. The van der Waals surface area contributed by atoms with E-state index in [4.69, 9.17) is 5.11 Å². The zero-order chi connectivity index (χ0) is 10.7. The molecule has 0 radical (unpaired) electrons. The molecule has 94 valence electrons. The van der Waals surface area contributed by atoms with E-state index in [9.17, 15) is 0 Å². The van der Waals surface area contributed by atoms with E-state index in [1.807, 2.05) is 0 Å². The lowest BCUT2D eigenvalue weighted by molar-refractivity contribution is 0.263. The Morgan fingerprint density at radius 1 is 1.56 bits per heavy atom. The molecule has 6 heteroatoms. The first-order chi connectivity index (χ1) is 7.29. The van der Waals surface area contributed by atoms with E-state index in [1.165, 1.54) is 12.8 Å². The summed E-state index contributed by atoms with van der Waals surface area (Å²) in [6.45, 7) is 2.79. The highest BCUT2D eigenvalue weighted by molar-refractivity contribution is 14.0. The average molecular weight is 340 g/mol. The molecule has 1 saturated carbocycles. The van der Waals surface area contributed by atoms with Crippen molar-refractivity contribution in [2.45, 2.75) is 24.9 Å². The van der Waals surface area contributed by atoms with Crippen LogP contribution in [0, 0.1) is 0 Å². The van der Waals surface area contributed by atoms with E-state index in [2.05, 4.69) is 27.6 Å². The number of guanidine groups is 1. The minimum absolute atomic E-state index is 0. The van der Waals surface area contributed by atoms with Crippen molar-refractivity contribution in [1.29, 1.82) is 0 Å². The maximum atomic E-state index is 8.91. The van der Waals surface area contributed by atoms with Crippen molar-refractivity contribution in [2.75, 3.05) is 33.3 Å². The number of aliphatic imine (C=N–C) groups is 1. The molecule has 0 amide bonds. The lowest BCUT2D eigenvalue weighted by Gasteiger charge is -2.16. The standard InChI is InChI=1S/C10H20N4O.HI/c1-14(9-2-3-9)5-4-11-10-12-6-8(7-15)13-10;/h8-9,15H,2-7H2,1H3,(H2,11,12,13);1H/t8-;/m0./s1. The lowest BCUT2D eigenvalue weighted by atomic mass is 10.3. The molecule has 0 spiro atoms. The highest BCUT2D eigenvalue weighted by Crippen LogP contribution is 2.24. The summed E-state index contributed by atoms with van der Waals surface area (Å²) in [5, 5.41) is 15.3. The summed E-state index contributed by atoms with van der Waals surface area (Å²) >= 11 is 0. The maximum absolute atomic E-state index is 8.91. The number of aliphatic hydroxyl groups excluding tert-OH is 1. The summed E-state index contributed by atoms with van der Waals surface area (Å²) in [4.78, 5) is 6.64. The van der Waals surface area contributed by atoms with Gasteiger partial charge in [0, 0.05) is 19.1 Å². The Kier molecular flexibility index (Phi) is 5.77. The van der Waals surface area contributed by atoms with Crippen molar-refractivity contribution in [1.82, 2.24) is 15.5 Å². The maximum Gasteiger partial charge on any atom is 0.191 e. The summed E-state index contributed by atoms with van der Waals surface area (Å²) in [6.07, 6.45) is 2.70. The van der Waals surface area contributed by atoms with Gasteiger partial charge in [0.25, 0.3) is 0 Å². The Bertz CT molecular complexity index is 245. The predicted octanol–water partition coefficient (Wildman–Crippen LogP) is -0.392. The molecule has 1 heterocycles. The molecule has 0 bridgehead atoms. The number of hydrogen-bond acceptors (Lipinski definition) is 5. The Morgan fingerprint density at radius 2 is 2.31 bits per heavy atom.